The summed E-state index contributed by atoms with van der Waals surface area (Å²) in [7, 11) is 2.24. The molecule has 3 nitrogen and oxygen atoms in total. The second kappa shape index (κ2) is 4.45. The van der Waals surface area contributed by atoms with E-state index in [1.54, 1.807) is 6.92 Å². The summed E-state index contributed by atoms with van der Waals surface area (Å²) in [6.45, 7) is 1.55. The lowest BCUT2D eigenvalue weighted by atomic mass is 10.5. The number of thioether (sulfide) groups is 1. The third-order valence-corrected chi connectivity index (χ3v) is 5.71. The third kappa shape index (κ3) is 2.70. The molecular formula is C6H5ClO3S3. The maximum atomic E-state index is 10.9. The lowest BCUT2D eigenvalue weighted by Crippen LogP contribution is -2.10. The summed E-state index contributed by atoms with van der Waals surface area (Å²) in [6, 6.07) is 0. The quantitative estimate of drug-likeness (QED) is 0.667. The summed E-state index contributed by atoms with van der Waals surface area (Å²) in [5.74, 6) is -0.910. The molecular weight excluding hydrogens is 252 g/mol. The largest absolute Gasteiger partial charge is 0.480 e. The number of halogens is 1. The Morgan fingerprint density at radius 1 is 1.62 bits per heavy atom. The van der Waals surface area contributed by atoms with Crippen LogP contribution < -0.4 is 4.74 Å². The Morgan fingerprint density at radius 3 is 2.62 bits per heavy atom. The van der Waals surface area contributed by atoms with E-state index >= 15 is 0 Å². The normalized spacial score (nSPS) is 12.8. The van der Waals surface area contributed by atoms with E-state index in [2.05, 4.69) is 0 Å². The van der Waals surface area contributed by atoms with Crippen molar-refractivity contribution in [3.05, 3.63) is 14.6 Å². The standard InChI is InChI=1S/C6H5ClO3S3/c1-2(4(8)9)11-6-3(7)5(10)12-13-6/h2H,1H3,(H,8,9)/t2-/m1/s1. The van der Waals surface area contributed by atoms with Gasteiger partial charge in [-0.1, -0.05) is 33.7 Å². The van der Waals surface area contributed by atoms with E-state index in [9.17, 15) is 9.59 Å². The molecule has 1 aromatic rings. The Balaban J connectivity index is 2.80. The average Bonchev–Trinajstić information content (AvgIpc) is 2.36. The van der Waals surface area contributed by atoms with Crippen LogP contribution in [0.2, 0.25) is 5.02 Å². The van der Waals surface area contributed by atoms with Crippen LogP contribution in [0.1, 0.15) is 6.92 Å². The molecule has 0 saturated heterocycles. The van der Waals surface area contributed by atoms with E-state index in [1.165, 1.54) is 10.3 Å². The van der Waals surface area contributed by atoms with E-state index in [1.807, 2.05) is 0 Å². The zero-order valence-corrected chi connectivity index (χ0v) is 9.65. The highest BCUT2D eigenvalue weighted by Gasteiger charge is 2.17. The molecule has 7 heteroatoms. The molecule has 0 saturated carbocycles. The summed E-state index contributed by atoms with van der Waals surface area (Å²) in [4.78, 5) is 21.4. The maximum Gasteiger partial charge on any atom is 0.316 e. The molecule has 1 N–H and O–H groups in total. The molecule has 0 radical (unpaired) electrons. The minimum Gasteiger partial charge on any atom is -0.480 e. The lowest BCUT2D eigenvalue weighted by molar-refractivity contribution is -0.136. The van der Waals surface area contributed by atoms with E-state index in [0.29, 0.717) is 4.21 Å². The van der Waals surface area contributed by atoms with Gasteiger partial charge < -0.3 is 5.11 Å². The second-order valence-electron chi connectivity index (χ2n) is 2.15. The van der Waals surface area contributed by atoms with Crippen molar-refractivity contribution in [2.75, 3.05) is 0 Å². The molecule has 0 fully saturated rings. The fraction of sp³-hybridized carbons (Fsp3) is 0.333. The van der Waals surface area contributed by atoms with Crippen LogP contribution >= 0.6 is 44.0 Å². The number of rotatable bonds is 3. The summed E-state index contributed by atoms with van der Waals surface area (Å²) < 4.78 is 0.387. The Labute approximate surface area is 90.7 Å². The van der Waals surface area contributed by atoms with Crippen LogP contribution in [0, 0.1) is 0 Å². The lowest BCUT2D eigenvalue weighted by Gasteiger charge is -2.02. The Hall–Kier alpha value is -0.0400. The Morgan fingerprint density at radius 2 is 2.23 bits per heavy atom. The molecule has 1 heterocycles. The van der Waals surface area contributed by atoms with Gasteiger partial charge in [0.1, 0.15) is 10.3 Å². The van der Waals surface area contributed by atoms with Crippen molar-refractivity contribution in [1.82, 2.24) is 0 Å². The van der Waals surface area contributed by atoms with Crippen molar-refractivity contribution in [3.63, 3.8) is 0 Å². The van der Waals surface area contributed by atoms with Gasteiger partial charge in [0.2, 0.25) is 0 Å². The first-order chi connectivity index (χ1) is 6.02. The number of carbonyl (C=O) groups is 1. The van der Waals surface area contributed by atoms with Gasteiger partial charge in [0, 0.05) is 0 Å². The molecule has 13 heavy (non-hydrogen) atoms. The van der Waals surface area contributed by atoms with E-state index in [0.717, 1.165) is 22.1 Å². The molecule has 1 atom stereocenters. The fourth-order valence-electron chi connectivity index (χ4n) is 0.515. The van der Waals surface area contributed by atoms with Gasteiger partial charge in [-0.05, 0) is 17.3 Å². The van der Waals surface area contributed by atoms with Crippen LogP contribution in [-0.2, 0) is 4.79 Å². The molecule has 1 aromatic heterocycles. The Kier molecular flexibility index (Phi) is 3.78. The van der Waals surface area contributed by atoms with Gasteiger partial charge in [0.15, 0.2) is 0 Å². The molecule has 0 bridgehead atoms. The first-order valence-corrected chi connectivity index (χ1v) is 6.61. The van der Waals surface area contributed by atoms with Crippen LogP contribution in [0.25, 0.3) is 0 Å². The number of carboxylic acid groups (broad SMARTS) is 1. The SMILES string of the molecule is C[C@@H](Sc1ssc(=O)c1Cl)C(=O)O. The second-order valence-corrected chi connectivity index (χ2v) is 6.25. The zero-order chi connectivity index (χ0) is 10.0. The van der Waals surface area contributed by atoms with Gasteiger partial charge in [-0.25, -0.2) is 0 Å². The molecule has 0 aromatic carbocycles. The van der Waals surface area contributed by atoms with E-state index < -0.39 is 11.2 Å². The highest BCUT2D eigenvalue weighted by molar-refractivity contribution is 8.04. The van der Waals surface area contributed by atoms with Gasteiger partial charge >= 0.3 is 5.97 Å². The van der Waals surface area contributed by atoms with Crippen LogP contribution in [0.15, 0.2) is 9.00 Å². The maximum absolute atomic E-state index is 10.9. The fourth-order valence-corrected chi connectivity index (χ4v) is 4.60. The molecule has 0 aliphatic heterocycles. The van der Waals surface area contributed by atoms with Gasteiger partial charge in [-0.3, -0.25) is 9.59 Å². The summed E-state index contributed by atoms with van der Waals surface area (Å²) in [5.41, 5.74) is 0. The van der Waals surface area contributed by atoms with Crippen LogP contribution in [0.5, 0.6) is 0 Å². The number of hydrogen-bond acceptors (Lipinski definition) is 5. The topological polar surface area (TPSA) is 54.4 Å². The summed E-state index contributed by atoms with van der Waals surface area (Å²) >= 11 is 6.75. The molecule has 72 valence electrons. The monoisotopic (exact) mass is 256 g/mol. The van der Waals surface area contributed by atoms with Crippen molar-refractivity contribution in [2.45, 2.75) is 16.4 Å². The van der Waals surface area contributed by atoms with E-state index in [-0.39, 0.29) is 9.77 Å². The van der Waals surface area contributed by atoms with Crippen molar-refractivity contribution >= 4 is 50.0 Å². The first-order valence-electron chi connectivity index (χ1n) is 3.20. The zero-order valence-electron chi connectivity index (χ0n) is 6.44. The first kappa shape index (κ1) is 11.0. The number of aliphatic carboxylic acids is 1. The molecule has 0 unspecified atom stereocenters. The molecule has 0 spiro atoms. The molecule has 1 rings (SSSR count). The van der Waals surface area contributed by atoms with Gasteiger partial charge in [0.25, 0.3) is 4.74 Å². The minimum absolute atomic E-state index is 0.146. The average molecular weight is 257 g/mol. The van der Waals surface area contributed by atoms with Gasteiger partial charge in [-0.2, -0.15) is 0 Å². The smallest absolute Gasteiger partial charge is 0.316 e. The number of carboxylic acids is 1. The highest BCUT2D eigenvalue weighted by atomic mass is 35.5. The summed E-state index contributed by atoms with van der Waals surface area (Å²) in [6.07, 6.45) is 0. The minimum atomic E-state index is -0.910. The van der Waals surface area contributed by atoms with Crippen molar-refractivity contribution in [2.24, 2.45) is 0 Å². The highest BCUT2D eigenvalue weighted by Crippen LogP contribution is 2.34. The van der Waals surface area contributed by atoms with Crippen LogP contribution in [0.3, 0.4) is 0 Å². The molecule has 0 aliphatic rings. The molecule has 0 aliphatic carbocycles. The molecule has 0 amide bonds. The Bertz CT molecular complexity index is 369. The van der Waals surface area contributed by atoms with Crippen LogP contribution in [-0.4, -0.2) is 16.3 Å². The van der Waals surface area contributed by atoms with Gasteiger partial charge in [0.05, 0.1) is 4.21 Å². The third-order valence-electron chi connectivity index (χ3n) is 1.18. The predicted octanol–water partition coefficient (Wildman–Crippen LogP) is 2.39. The van der Waals surface area contributed by atoms with Crippen molar-refractivity contribution in [1.29, 1.82) is 0 Å². The van der Waals surface area contributed by atoms with Crippen molar-refractivity contribution in [3.8, 4) is 0 Å². The summed E-state index contributed by atoms with van der Waals surface area (Å²) in [5, 5.41) is 8.17. The van der Waals surface area contributed by atoms with Crippen molar-refractivity contribution < 1.29 is 9.90 Å². The van der Waals surface area contributed by atoms with E-state index in [4.69, 9.17) is 16.7 Å². The predicted molar refractivity (Wildman–Crippen MR) is 56.4 cm³/mol. The van der Waals surface area contributed by atoms with Crippen LogP contribution in [0.4, 0.5) is 0 Å². The van der Waals surface area contributed by atoms with Gasteiger partial charge in [-0.15, -0.1) is 0 Å². The number of hydrogen-bond donors (Lipinski definition) is 1.